The molecule has 7 nitrogen and oxygen atoms in total. The first-order valence-electron chi connectivity index (χ1n) is 7.62. The van der Waals surface area contributed by atoms with Crippen LogP contribution in [0.5, 0.6) is 0 Å². The van der Waals surface area contributed by atoms with Crippen molar-refractivity contribution in [2.45, 2.75) is 17.6 Å². The van der Waals surface area contributed by atoms with E-state index in [0.717, 1.165) is 5.56 Å². The SMILES string of the molecule is Cn1c(SCC(=O)N[C@H]2CCS(=O)(=O)C2)nnc1-c1ccc(F)cc1. The van der Waals surface area contributed by atoms with Crippen molar-refractivity contribution < 1.29 is 17.6 Å². The summed E-state index contributed by atoms with van der Waals surface area (Å²) in [6.45, 7) is 0. The Kier molecular flexibility index (Phi) is 5.09. The number of hydrogen-bond acceptors (Lipinski definition) is 6. The van der Waals surface area contributed by atoms with Crippen LogP contribution < -0.4 is 5.32 Å². The molecule has 10 heteroatoms. The molecule has 1 atom stereocenters. The van der Waals surface area contributed by atoms with Crippen molar-refractivity contribution >= 4 is 27.5 Å². The fraction of sp³-hybridized carbons (Fsp3) is 0.400. The van der Waals surface area contributed by atoms with E-state index in [-0.39, 0.29) is 35.0 Å². The number of rotatable bonds is 5. The zero-order valence-corrected chi connectivity index (χ0v) is 15.1. The summed E-state index contributed by atoms with van der Waals surface area (Å²) in [6, 6.07) is 5.61. The molecule has 0 spiro atoms. The fourth-order valence-electron chi connectivity index (χ4n) is 2.60. The molecule has 1 aromatic carbocycles. The molecule has 1 aromatic heterocycles. The number of nitrogens with one attached hydrogen (secondary N) is 1. The largest absolute Gasteiger partial charge is 0.352 e. The van der Waals surface area contributed by atoms with Crippen molar-refractivity contribution in [3.63, 3.8) is 0 Å². The molecule has 2 aromatic rings. The topological polar surface area (TPSA) is 94.0 Å². The second-order valence-corrected chi connectivity index (χ2v) is 9.00. The number of halogens is 1. The second-order valence-electron chi connectivity index (χ2n) is 5.83. The number of amides is 1. The van der Waals surface area contributed by atoms with Crippen LogP contribution in [0.2, 0.25) is 0 Å². The number of benzene rings is 1. The molecule has 25 heavy (non-hydrogen) atoms. The first-order valence-corrected chi connectivity index (χ1v) is 10.4. The maximum absolute atomic E-state index is 13.0. The lowest BCUT2D eigenvalue weighted by atomic mass is 10.2. The highest BCUT2D eigenvalue weighted by molar-refractivity contribution is 7.99. The molecule has 1 amide bonds. The lowest BCUT2D eigenvalue weighted by Gasteiger charge is -2.10. The summed E-state index contributed by atoms with van der Waals surface area (Å²) in [7, 11) is -1.25. The lowest BCUT2D eigenvalue weighted by molar-refractivity contribution is -0.119. The number of carbonyl (C=O) groups excluding carboxylic acids is 1. The minimum atomic E-state index is -3.02. The molecule has 0 bridgehead atoms. The molecule has 134 valence electrons. The van der Waals surface area contributed by atoms with Gasteiger partial charge in [-0.15, -0.1) is 10.2 Å². The van der Waals surface area contributed by atoms with Gasteiger partial charge >= 0.3 is 0 Å². The summed E-state index contributed by atoms with van der Waals surface area (Å²) in [5.74, 6) is 0.248. The van der Waals surface area contributed by atoms with E-state index in [2.05, 4.69) is 15.5 Å². The summed E-state index contributed by atoms with van der Waals surface area (Å²) in [6.07, 6.45) is 0.456. The molecule has 1 aliphatic heterocycles. The highest BCUT2D eigenvalue weighted by Gasteiger charge is 2.28. The molecule has 0 saturated carbocycles. The van der Waals surface area contributed by atoms with Crippen molar-refractivity contribution in [2.24, 2.45) is 7.05 Å². The van der Waals surface area contributed by atoms with E-state index in [4.69, 9.17) is 0 Å². The number of carbonyl (C=O) groups is 1. The Morgan fingerprint density at radius 2 is 2.08 bits per heavy atom. The van der Waals surface area contributed by atoms with E-state index in [1.54, 1.807) is 23.7 Å². The fourth-order valence-corrected chi connectivity index (χ4v) is 4.99. The molecule has 0 unspecified atom stereocenters. The molecule has 1 aliphatic rings. The highest BCUT2D eigenvalue weighted by atomic mass is 32.2. The van der Waals surface area contributed by atoms with E-state index in [9.17, 15) is 17.6 Å². The number of thioether (sulfide) groups is 1. The van der Waals surface area contributed by atoms with Gasteiger partial charge in [0.1, 0.15) is 5.82 Å². The molecule has 0 radical (unpaired) electrons. The van der Waals surface area contributed by atoms with Gasteiger partial charge in [0.15, 0.2) is 20.8 Å². The van der Waals surface area contributed by atoms with Crippen LogP contribution in [0.4, 0.5) is 4.39 Å². The maximum Gasteiger partial charge on any atom is 0.230 e. The van der Waals surface area contributed by atoms with Crippen molar-refractivity contribution in [3.05, 3.63) is 30.1 Å². The summed E-state index contributed by atoms with van der Waals surface area (Å²) >= 11 is 1.21. The van der Waals surface area contributed by atoms with Gasteiger partial charge in [0, 0.05) is 18.7 Å². The van der Waals surface area contributed by atoms with Gasteiger partial charge in [-0.3, -0.25) is 4.79 Å². The molecule has 1 fully saturated rings. The normalized spacial score (nSPS) is 19.0. The van der Waals surface area contributed by atoms with Gasteiger partial charge in [-0.05, 0) is 30.7 Å². The molecule has 1 saturated heterocycles. The highest BCUT2D eigenvalue weighted by Crippen LogP contribution is 2.22. The third kappa shape index (κ3) is 4.37. The standard InChI is InChI=1S/C15H17FN4O3S2/c1-20-14(10-2-4-11(16)5-3-10)18-19-15(20)24-8-13(21)17-12-6-7-25(22,23)9-12/h2-5,12H,6-9H2,1H3,(H,17,21)/t12-/m0/s1. The second kappa shape index (κ2) is 7.12. The van der Waals surface area contributed by atoms with E-state index < -0.39 is 9.84 Å². The van der Waals surface area contributed by atoms with Crippen LogP contribution in [-0.2, 0) is 21.7 Å². The van der Waals surface area contributed by atoms with Crippen LogP contribution in [0, 0.1) is 5.82 Å². The third-order valence-corrected chi connectivity index (χ3v) is 6.66. The van der Waals surface area contributed by atoms with E-state index in [1.165, 1.54) is 23.9 Å². The van der Waals surface area contributed by atoms with Gasteiger partial charge in [0.25, 0.3) is 0 Å². The summed E-state index contributed by atoms with van der Waals surface area (Å²) < 4.78 is 37.5. The minimum absolute atomic E-state index is 0.00207. The predicted molar refractivity (Wildman–Crippen MR) is 92.3 cm³/mol. The Hall–Kier alpha value is -1.94. The molecule has 1 N–H and O–H groups in total. The van der Waals surface area contributed by atoms with Crippen LogP contribution in [0.25, 0.3) is 11.4 Å². The van der Waals surface area contributed by atoms with Crippen molar-refractivity contribution in [2.75, 3.05) is 17.3 Å². The van der Waals surface area contributed by atoms with E-state index >= 15 is 0 Å². The summed E-state index contributed by atoms with van der Waals surface area (Å²) in [5, 5.41) is 11.4. The number of sulfone groups is 1. The minimum Gasteiger partial charge on any atom is -0.352 e. The first kappa shape index (κ1) is 17.9. The maximum atomic E-state index is 13.0. The van der Waals surface area contributed by atoms with Gasteiger partial charge in [0.05, 0.1) is 17.3 Å². The zero-order chi connectivity index (χ0) is 18.0. The zero-order valence-electron chi connectivity index (χ0n) is 13.5. The lowest BCUT2D eigenvalue weighted by Crippen LogP contribution is -2.36. The van der Waals surface area contributed by atoms with Crippen LogP contribution in [0.1, 0.15) is 6.42 Å². The van der Waals surface area contributed by atoms with Crippen molar-refractivity contribution in [1.29, 1.82) is 0 Å². The van der Waals surface area contributed by atoms with Crippen LogP contribution in [0.3, 0.4) is 0 Å². The molecule has 0 aliphatic carbocycles. The number of nitrogens with zero attached hydrogens (tertiary/aromatic N) is 3. The third-order valence-electron chi connectivity index (χ3n) is 3.87. The first-order chi connectivity index (χ1) is 11.8. The number of hydrogen-bond donors (Lipinski definition) is 1. The van der Waals surface area contributed by atoms with Gasteiger partial charge in [-0.2, -0.15) is 0 Å². The summed E-state index contributed by atoms with van der Waals surface area (Å²) in [4.78, 5) is 12.0. The van der Waals surface area contributed by atoms with Crippen molar-refractivity contribution in [3.8, 4) is 11.4 Å². The van der Waals surface area contributed by atoms with Gasteiger partial charge < -0.3 is 9.88 Å². The predicted octanol–water partition coefficient (Wildman–Crippen LogP) is 1.02. The Balaban J connectivity index is 1.59. The Bertz CT molecular complexity index is 881. The smallest absolute Gasteiger partial charge is 0.230 e. The molecular weight excluding hydrogens is 367 g/mol. The monoisotopic (exact) mass is 384 g/mol. The van der Waals surface area contributed by atoms with E-state index in [1.807, 2.05) is 0 Å². The van der Waals surface area contributed by atoms with Crippen LogP contribution in [0.15, 0.2) is 29.4 Å². The van der Waals surface area contributed by atoms with E-state index in [0.29, 0.717) is 17.4 Å². The van der Waals surface area contributed by atoms with Gasteiger partial charge in [-0.1, -0.05) is 11.8 Å². The van der Waals surface area contributed by atoms with Crippen LogP contribution in [-0.4, -0.2) is 52.4 Å². The van der Waals surface area contributed by atoms with Gasteiger partial charge in [0.2, 0.25) is 5.91 Å². The number of aromatic nitrogens is 3. The molecule has 3 rings (SSSR count). The average Bonchev–Trinajstić information content (AvgIpc) is 3.08. The Labute approximate surface area is 148 Å². The summed E-state index contributed by atoms with van der Waals surface area (Å²) in [5.41, 5.74) is 0.726. The van der Waals surface area contributed by atoms with Crippen molar-refractivity contribution in [1.82, 2.24) is 20.1 Å². The average molecular weight is 384 g/mol. The Morgan fingerprint density at radius 3 is 2.72 bits per heavy atom. The molecule has 2 heterocycles. The quantitative estimate of drug-likeness (QED) is 0.774. The van der Waals surface area contributed by atoms with Gasteiger partial charge in [-0.25, -0.2) is 12.8 Å². The Morgan fingerprint density at radius 1 is 1.36 bits per heavy atom. The van der Waals surface area contributed by atoms with Crippen LogP contribution >= 0.6 is 11.8 Å². The molecular formula is C15H17FN4O3S2.